The minimum Gasteiger partial charge on any atom is -0.359 e. The van der Waals surface area contributed by atoms with Gasteiger partial charge in [0.1, 0.15) is 0 Å². The van der Waals surface area contributed by atoms with Gasteiger partial charge in [-0.15, -0.1) is 24.0 Å². The number of aromatic nitrogens is 1. The first kappa shape index (κ1) is 22.2. The molecule has 0 bridgehead atoms. The summed E-state index contributed by atoms with van der Waals surface area (Å²) in [5.41, 5.74) is 1.06. The molecule has 144 valence electrons. The van der Waals surface area contributed by atoms with Crippen molar-refractivity contribution < 1.29 is 4.52 Å². The Morgan fingerprint density at radius 2 is 2.00 bits per heavy atom. The molecule has 1 fully saturated rings. The van der Waals surface area contributed by atoms with Crippen LogP contribution in [-0.4, -0.2) is 49.2 Å². The van der Waals surface area contributed by atoms with Crippen LogP contribution in [0.15, 0.2) is 15.6 Å². The maximum Gasteiger partial charge on any atom is 0.191 e. The number of halogens is 1. The Morgan fingerprint density at radius 1 is 1.28 bits per heavy atom. The van der Waals surface area contributed by atoms with Crippen LogP contribution >= 0.6 is 24.0 Å². The SMILES string of the molecule is CCC(CC)c1cc(CNC(=NC)NCCCN2CCCC2)on1.I. The molecule has 0 saturated carbocycles. The number of nitrogens with zero attached hydrogens (tertiary/aromatic N) is 3. The Balaban J connectivity index is 0.00000312. The van der Waals surface area contributed by atoms with Gasteiger partial charge in [-0.1, -0.05) is 19.0 Å². The van der Waals surface area contributed by atoms with Crippen LogP contribution in [-0.2, 0) is 6.54 Å². The molecule has 1 aliphatic heterocycles. The summed E-state index contributed by atoms with van der Waals surface area (Å²) in [6.45, 7) is 9.62. The zero-order valence-electron chi connectivity index (χ0n) is 15.9. The fraction of sp³-hybridized carbons (Fsp3) is 0.778. The van der Waals surface area contributed by atoms with Crippen LogP contribution in [0.3, 0.4) is 0 Å². The van der Waals surface area contributed by atoms with E-state index in [0.717, 1.165) is 43.2 Å². The molecule has 0 spiro atoms. The van der Waals surface area contributed by atoms with Crippen LogP contribution < -0.4 is 10.6 Å². The summed E-state index contributed by atoms with van der Waals surface area (Å²) in [6, 6.07) is 2.06. The van der Waals surface area contributed by atoms with Gasteiger partial charge in [-0.3, -0.25) is 4.99 Å². The van der Waals surface area contributed by atoms with Crippen LogP contribution in [0.4, 0.5) is 0 Å². The Kier molecular flexibility index (Phi) is 11.1. The van der Waals surface area contributed by atoms with E-state index in [0.29, 0.717) is 12.5 Å². The number of guanidine groups is 1. The molecule has 2 heterocycles. The van der Waals surface area contributed by atoms with Crippen molar-refractivity contribution >= 4 is 29.9 Å². The lowest BCUT2D eigenvalue weighted by atomic mass is 9.99. The van der Waals surface area contributed by atoms with E-state index in [-0.39, 0.29) is 24.0 Å². The molecule has 1 saturated heterocycles. The van der Waals surface area contributed by atoms with Gasteiger partial charge < -0.3 is 20.1 Å². The minimum atomic E-state index is 0. The van der Waals surface area contributed by atoms with Gasteiger partial charge in [0.05, 0.1) is 12.2 Å². The normalized spacial score (nSPS) is 15.4. The van der Waals surface area contributed by atoms with E-state index in [1.165, 1.54) is 32.5 Å². The highest BCUT2D eigenvalue weighted by Gasteiger charge is 2.13. The fourth-order valence-corrected chi connectivity index (χ4v) is 3.22. The molecule has 1 aromatic heterocycles. The van der Waals surface area contributed by atoms with E-state index in [1.807, 2.05) is 0 Å². The van der Waals surface area contributed by atoms with Crippen molar-refractivity contribution in [1.29, 1.82) is 0 Å². The summed E-state index contributed by atoms with van der Waals surface area (Å²) in [5.74, 6) is 2.17. The molecule has 2 rings (SSSR count). The number of nitrogens with one attached hydrogen (secondary N) is 2. The van der Waals surface area contributed by atoms with Crippen molar-refractivity contribution in [3.05, 3.63) is 17.5 Å². The zero-order chi connectivity index (χ0) is 17.2. The number of likely N-dealkylation sites (tertiary alicyclic amines) is 1. The van der Waals surface area contributed by atoms with E-state index in [2.05, 4.69) is 45.6 Å². The molecule has 0 aromatic carbocycles. The quantitative estimate of drug-likeness (QED) is 0.255. The standard InChI is InChI=1S/C18H33N5O.HI/c1-4-15(5-2)17-13-16(24-22-17)14-21-18(19-3)20-9-8-12-23-10-6-7-11-23;/h13,15H,4-12,14H2,1-3H3,(H2,19,20,21);1H. The average Bonchev–Trinajstić information content (AvgIpc) is 3.27. The summed E-state index contributed by atoms with van der Waals surface area (Å²) in [4.78, 5) is 6.80. The van der Waals surface area contributed by atoms with Crippen molar-refractivity contribution in [2.75, 3.05) is 33.2 Å². The van der Waals surface area contributed by atoms with Gasteiger partial charge in [-0.2, -0.15) is 0 Å². The lowest BCUT2D eigenvalue weighted by molar-refractivity contribution is 0.334. The van der Waals surface area contributed by atoms with E-state index in [4.69, 9.17) is 4.52 Å². The average molecular weight is 463 g/mol. The van der Waals surface area contributed by atoms with E-state index in [9.17, 15) is 0 Å². The summed E-state index contributed by atoms with van der Waals surface area (Å²) < 4.78 is 5.44. The van der Waals surface area contributed by atoms with Gasteiger partial charge in [0.15, 0.2) is 11.7 Å². The molecule has 2 N–H and O–H groups in total. The second kappa shape index (κ2) is 12.5. The van der Waals surface area contributed by atoms with Gasteiger partial charge in [0.25, 0.3) is 0 Å². The number of hydrogen-bond acceptors (Lipinski definition) is 4. The summed E-state index contributed by atoms with van der Waals surface area (Å²) in [5, 5.41) is 10.9. The van der Waals surface area contributed by atoms with Crippen LogP contribution in [0.1, 0.15) is 63.3 Å². The third kappa shape index (κ3) is 7.52. The maximum absolute atomic E-state index is 5.44. The third-order valence-corrected chi connectivity index (χ3v) is 4.78. The molecule has 0 amide bonds. The molecule has 1 aromatic rings. The van der Waals surface area contributed by atoms with Crippen molar-refractivity contribution in [3.63, 3.8) is 0 Å². The van der Waals surface area contributed by atoms with Crippen molar-refractivity contribution in [3.8, 4) is 0 Å². The Labute approximate surface area is 169 Å². The van der Waals surface area contributed by atoms with Gasteiger partial charge in [0.2, 0.25) is 0 Å². The van der Waals surface area contributed by atoms with Crippen LogP contribution in [0.2, 0.25) is 0 Å². The Morgan fingerprint density at radius 3 is 2.64 bits per heavy atom. The molecular weight excluding hydrogens is 429 g/mol. The molecule has 0 radical (unpaired) electrons. The number of aliphatic imine (C=N–C) groups is 1. The minimum absolute atomic E-state index is 0. The smallest absolute Gasteiger partial charge is 0.191 e. The first-order chi connectivity index (χ1) is 11.8. The van der Waals surface area contributed by atoms with Crippen molar-refractivity contribution in [2.45, 2.75) is 58.4 Å². The highest BCUT2D eigenvalue weighted by molar-refractivity contribution is 14.0. The van der Waals surface area contributed by atoms with Crippen LogP contribution in [0.5, 0.6) is 0 Å². The largest absolute Gasteiger partial charge is 0.359 e. The van der Waals surface area contributed by atoms with Crippen molar-refractivity contribution in [2.24, 2.45) is 4.99 Å². The number of hydrogen-bond donors (Lipinski definition) is 2. The molecule has 1 aliphatic rings. The fourth-order valence-electron chi connectivity index (χ4n) is 3.22. The van der Waals surface area contributed by atoms with Crippen LogP contribution in [0.25, 0.3) is 0 Å². The molecule has 0 atom stereocenters. The van der Waals surface area contributed by atoms with E-state index in [1.54, 1.807) is 7.05 Å². The summed E-state index contributed by atoms with van der Waals surface area (Å²) in [7, 11) is 1.80. The van der Waals surface area contributed by atoms with Crippen molar-refractivity contribution in [1.82, 2.24) is 20.7 Å². The second-order valence-corrected chi connectivity index (χ2v) is 6.49. The predicted molar refractivity (Wildman–Crippen MR) is 114 cm³/mol. The van der Waals surface area contributed by atoms with Gasteiger partial charge >= 0.3 is 0 Å². The lowest BCUT2D eigenvalue weighted by Gasteiger charge is -2.15. The van der Waals surface area contributed by atoms with Gasteiger partial charge in [-0.05, 0) is 51.7 Å². The Bertz CT molecular complexity index is 495. The lowest BCUT2D eigenvalue weighted by Crippen LogP contribution is -2.38. The number of rotatable bonds is 9. The third-order valence-electron chi connectivity index (χ3n) is 4.78. The first-order valence-corrected chi connectivity index (χ1v) is 9.39. The summed E-state index contributed by atoms with van der Waals surface area (Å²) >= 11 is 0. The Hall–Kier alpha value is -0.830. The monoisotopic (exact) mass is 463 g/mol. The topological polar surface area (TPSA) is 65.7 Å². The van der Waals surface area contributed by atoms with Gasteiger partial charge in [0, 0.05) is 25.6 Å². The van der Waals surface area contributed by atoms with E-state index < -0.39 is 0 Å². The van der Waals surface area contributed by atoms with E-state index >= 15 is 0 Å². The second-order valence-electron chi connectivity index (χ2n) is 6.49. The maximum atomic E-state index is 5.44. The molecule has 6 nitrogen and oxygen atoms in total. The molecular formula is C18H34IN5O. The first-order valence-electron chi connectivity index (χ1n) is 9.39. The predicted octanol–water partition coefficient (Wildman–Crippen LogP) is 3.35. The van der Waals surface area contributed by atoms with Gasteiger partial charge in [-0.25, -0.2) is 0 Å². The molecule has 7 heteroatoms. The van der Waals surface area contributed by atoms with Crippen LogP contribution in [0, 0.1) is 0 Å². The molecule has 0 aliphatic carbocycles. The zero-order valence-corrected chi connectivity index (χ0v) is 18.2. The highest BCUT2D eigenvalue weighted by Crippen LogP contribution is 2.22. The molecule has 25 heavy (non-hydrogen) atoms. The molecule has 0 unspecified atom stereocenters. The highest BCUT2D eigenvalue weighted by atomic mass is 127. The summed E-state index contributed by atoms with van der Waals surface area (Å²) in [6.07, 6.45) is 6.04.